The van der Waals surface area contributed by atoms with Gasteiger partial charge in [-0.25, -0.2) is 0 Å². The van der Waals surface area contributed by atoms with E-state index in [2.05, 4.69) is 22.7 Å². The summed E-state index contributed by atoms with van der Waals surface area (Å²) < 4.78 is 3.97. The van der Waals surface area contributed by atoms with Crippen LogP contribution in [-0.4, -0.2) is 19.5 Å². The number of aliphatic hydroxyl groups excluding tert-OH is 1. The summed E-state index contributed by atoms with van der Waals surface area (Å²) in [5.74, 6) is 0. The Morgan fingerprint density at radius 1 is 1.44 bits per heavy atom. The largest absolute Gasteiger partial charge is 0.392 e. The van der Waals surface area contributed by atoms with Crippen molar-refractivity contribution in [2.75, 3.05) is 0 Å². The summed E-state index contributed by atoms with van der Waals surface area (Å²) in [5, 5.41) is 13.4. The third-order valence-corrected chi connectivity index (χ3v) is 2.73. The standard InChI is InChI=1S/C12H17N3O/c1-3-11-6-12(14(2)13-11)8-15-5-4-10(7-15)9-16/h4-7,16H,3,8-9H2,1-2H3. The molecule has 2 aromatic rings. The molecule has 0 aliphatic carbocycles. The van der Waals surface area contributed by atoms with Gasteiger partial charge in [0.05, 0.1) is 24.5 Å². The molecule has 0 aliphatic heterocycles. The van der Waals surface area contributed by atoms with Crippen LogP contribution in [-0.2, 0) is 26.6 Å². The number of aromatic nitrogens is 3. The van der Waals surface area contributed by atoms with Gasteiger partial charge in [-0.1, -0.05) is 6.92 Å². The molecule has 0 bridgehead atoms. The Morgan fingerprint density at radius 2 is 2.25 bits per heavy atom. The summed E-state index contributed by atoms with van der Waals surface area (Å²) in [6.07, 6.45) is 4.89. The molecule has 2 rings (SSSR count). The summed E-state index contributed by atoms with van der Waals surface area (Å²) in [4.78, 5) is 0. The van der Waals surface area contributed by atoms with Crippen molar-refractivity contribution in [3.8, 4) is 0 Å². The van der Waals surface area contributed by atoms with Crippen LogP contribution in [0.1, 0.15) is 23.9 Å². The molecule has 0 atom stereocenters. The van der Waals surface area contributed by atoms with Crippen molar-refractivity contribution in [3.05, 3.63) is 41.5 Å². The van der Waals surface area contributed by atoms with Crippen LogP contribution in [0.5, 0.6) is 0 Å². The van der Waals surface area contributed by atoms with Gasteiger partial charge in [0.1, 0.15) is 0 Å². The minimum Gasteiger partial charge on any atom is -0.392 e. The second-order valence-corrected chi connectivity index (χ2v) is 3.95. The highest BCUT2D eigenvalue weighted by atomic mass is 16.3. The third-order valence-electron chi connectivity index (χ3n) is 2.73. The number of aryl methyl sites for hydroxylation is 2. The minimum absolute atomic E-state index is 0.0958. The average molecular weight is 219 g/mol. The molecule has 0 saturated carbocycles. The predicted octanol–water partition coefficient (Wildman–Crippen LogP) is 1.32. The van der Waals surface area contributed by atoms with E-state index in [1.165, 1.54) is 5.69 Å². The van der Waals surface area contributed by atoms with Crippen molar-refractivity contribution in [2.24, 2.45) is 7.05 Å². The molecule has 1 N–H and O–H groups in total. The molecular weight excluding hydrogens is 202 g/mol. The Labute approximate surface area is 95.1 Å². The van der Waals surface area contributed by atoms with Crippen LogP contribution >= 0.6 is 0 Å². The van der Waals surface area contributed by atoms with Gasteiger partial charge in [0.2, 0.25) is 0 Å². The quantitative estimate of drug-likeness (QED) is 0.843. The van der Waals surface area contributed by atoms with Crippen LogP contribution in [0.4, 0.5) is 0 Å². The maximum Gasteiger partial charge on any atom is 0.0696 e. The second-order valence-electron chi connectivity index (χ2n) is 3.95. The fourth-order valence-corrected chi connectivity index (χ4v) is 1.76. The summed E-state index contributed by atoms with van der Waals surface area (Å²) in [6.45, 7) is 2.99. The number of aliphatic hydroxyl groups is 1. The van der Waals surface area contributed by atoms with Gasteiger partial charge in [-0.2, -0.15) is 5.10 Å². The van der Waals surface area contributed by atoms with E-state index >= 15 is 0 Å². The molecular formula is C12H17N3O. The first-order valence-corrected chi connectivity index (χ1v) is 5.50. The van der Waals surface area contributed by atoms with Gasteiger partial charge in [0.15, 0.2) is 0 Å². The van der Waals surface area contributed by atoms with Crippen molar-refractivity contribution in [1.82, 2.24) is 14.3 Å². The van der Waals surface area contributed by atoms with Gasteiger partial charge in [-0.05, 0) is 24.1 Å². The summed E-state index contributed by atoms with van der Waals surface area (Å²) in [7, 11) is 1.96. The van der Waals surface area contributed by atoms with E-state index < -0.39 is 0 Å². The molecule has 4 heteroatoms. The zero-order valence-corrected chi connectivity index (χ0v) is 9.72. The van der Waals surface area contributed by atoms with Crippen LogP contribution in [0.25, 0.3) is 0 Å². The molecule has 2 aromatic heterocycles. The van der Waals surface area contributed by atoms with Gasteiger partial charge in [-0.3, -0.25) is 4.68 Å². The fourth-order valence-electron chi connectivity index (χ4n) is 1.76. The van der Waals surface area contributed by atoms with Gasteiger partial charge in [0.25, 0.3) is 0 Å². The normalized spacial score (nSPS) is 10.9. The van der Waals surface area contributed by atoms with Crippen LogP contribution in [0.2, 0.25) is 0 Å². The highest BCUT2D eigenvalue weighted by Crippen LogP contribution is 2.08. The molecule has 0 unspecified atom stereocenters. The minimum atomic E-state index is 0.0958. The van der Waals surface area contributed by atoms with Crippen molar-refractivity contribution in [3.63, 3.8) is 0 Å². The Balaban J connectivity index is 2.16. The first kappa shape index (κ1) is 11.0. The number of nitrogens with zero attached hydrogens (tertiary/aromatic N) is 3. The lowest BCUT2D eigenvalue weighted by Crippen LogP contribution is -2.03. The average Bonchev–Trinajstić information content (AvgIpc) is 2.87. The van der Waals surface area contributed by atoms with Crippen molar-refractivity contribution >= 4 is 0 Å². The Hall–Kier alpha value is -1.55. The molecule has 0 radical (unpaired) electrons. The van der Waals surface area contributed by atoms with E-state index in [0.29, 0.717) is 0 Å². The van der Waals surface area contributed by atoms with Crippen LogP contribution < -0.4 is 0 Å². The molecule has 0 aromatic carbocycles. The molecule has 2 heterocycles. The van der Waals surface area contributed by atoms with E-state index in [4.69, 9.17) is 5.11 Å². The van der Waals surface area contributed by atoms with Gasteiger partial charge in [-0.15, -0.1) is 0 Å². The van der Waals surface area contributed by atoms with E-state index in [1.54, 1.807) is 0 Å². The summed E-state index contributed by atoms with van der Waals surface area (Å²) in [5.41, 5.74) is 3.24. The van der Waals surface area contributed by atoms with E-state index in [1.807, 2.05) is 30.2 Å². The molecule has 0 aliphatic rings. The topological polar surface area (TPSA) is 43.0 Å². The fraction of sp³-hybridized carbons (Fsp3) is 0.417. The Kier molecular flexibility index (Phi) is 3.10. The third kappa shape index (κ3) is 2.17. The molecule has 0 spiro atoms. The molecule has 0 amide bonds. The van der Waals surface area contributed by atoms with E-state index in [9.17, 15) is 0 Å². The maximum absolute atomic E-state index is 8.98. The van der Waals surface area contributed by atoms with Gasteiger partial charge < -0.3 is 9.67 Å². The predicted molar refractivity (Wildman–Crippen MR) is 62.0 cm³/mol. The molecule has 0 saturated heterocycles. The second kappa shape index (κ2) is 4.53. The zero-order valence-electron chi connectivity index (χ0n) is 9.72. The number of rotatable bonds is 4. The zero-order chi connectivity index (χ0) is 11.5. The van der Waals surface area contributed by atoms with E-state index in [-0.39, 0.29) is 6.61 Å². The summed E-state index contributed by atoms with van der Waals surface area (Å²) >= 11 is 0. The molecule has 4 nitrogen and oxygen atoms in total. The van der Waals surface area contributed by atoms with Crippen LogP contribution in [0, 0.1) is 0 Å². The lowest BCUT2D eigenvalue weighted by molar-refractivity contribution is 0.281. The lowest BCUT2D eigenvalue weighted by atomic mass is 10.3. The van der Waals surface area contributed by atoms with Gasteiger partial charge in [0, 0.05) is 19.4 Å². The lowest BCUT2D eigenvalue weighted by Gasteiger charge is -2.02. The van der Waals surface area contributed by atoms with Crippen LogP contribution in [0.3, 0.4) is 0 Å². The first-order valence-electron chi connectivity index (χ1n) is 5.50. The summed E-state index contributed by atoms with van der Waals surface area (Å²) in [6, 6.07) is 4.05. The molecule has 86 valence electrons. The van der Waals surface area contributed by atoms with E-state index in [0.717, 1.165) is 24.2 Å². The van der Waals surface area contributed by atoms with Crippen molar-refractivity contribution < 1.29 is 5.11 Å². The number of hydrogen-bond donors (Lipinski definition) is 1. The Morgan fingerprint density at radius 3 is 2.81 bits per heavy atom. The maximum atomic E-state index is 8.98. The van der Waals surface area contributed by atoms with Crippen LogP contribution in [0.15, 0.2) is 24.5 Å². The molecule has 0 fully saturated rings. The van der Waals surface area contributed by atoms with Crippen molar-refractivity contribution in [2.45, 2.75) is 26.5 Å². The first-order chi connectivity index (χ1) is 7.72. The number of hydrogen-bond acceptors (Lipinski definition) is 2. The Bertz CT molecular complexity index is 470. The monoisotopic (exact) mass is 219 g/mol. The highest BCUT2D eigenvalue weighted by molar-refractivity contribution is 5.14. The smallest absolute Gasteiger partial charge is 0.0696 e. The SMILES string of the molecule is CCc1cc(Cn2ccc(CO)c2)n(C)n1. The molecule has 16 heavy (non-hydrogen) atoms. The van der Waals surface area contributed by atoms with Gasteiger partial charge >= 0.3 is 0 Å². The highest BCUT2D eigenvalue weighted by Gasteiger charge is 2.04. The van der Waals surface area contributed by atoms with Crippen molar-refractivity contribution in [1.29, 1.82) is 0 Å².